The minimum atomic E-state index is -3.75. The van der Waals surface area contributed by atoms with Crippen molar-refractivity contribution < 1.29 is 17.9 Å². The first kappa shape index (κ1) is 21.7. The average Bonchev–Trinajstić information content (AvgIpc) is 3.41. The number of hydrogen-bond donors (Lipinski definition) is 1. The number of carbonyl (C=O) groups excluding carboxylic acids is 1. The fraction of sp³-hybridized carbons (Fsp3) is 0.316. The first-order valence-electron chi connectivity index (χ1n) is 9.43. The van der Waals surface area contributed by atoms with Crippen molar-refractivity contribution in [2.75, 3.05) is 26.2 Å². The molecule has 0 spiro atoms. The van der Waals surface area contributed by atoms with Gasteiger partial charge in [0.05, 0.1) is 11.2 Å². The summed E-state index contributed by atoms with van der Waals surface area (Å²) in [6.45, 7) is 2.83. The number of piperazine rings is 1. The lowest BCUT2D eigenvalue weighted by molar-refractivity contribution is 0.0698. The molecule has 164 valence electrons. The van der Waals surface area contributed by atoms with Crippen molar-refractivity contribution in [3.63, 3.8) is 0 Å². The van der Waals surface area contributed by atoms with Crippen LogP contribution in [0.1, 0.15) is 21.7 Å². The molecule has 0 atom stereocenters. The molecule has 1 N–H and O–H groups in total. The second-order valence-electron chi connectivity index (χ2n) is 6.92. The normalized spacial score (nSPS) is 15.2. The predicted molar refractivity (Wildman–Crippen MR) is 117 cm³/mol. The number of thiazole rings is 2. The number of amides is 1. The van der Waals surface area contributed by atoms with Crippen molar-refractivity contribution >= 4 is 38.6 Å². The minimum Gasteiger partial charge on any atom is -0.487 e. The van der Waals surface area contributed by atoms with Crippen molar-refractivity contribution in [1.82, 2.24) is 19.2 Å². The molecule has 0 bridgehead atoms. The van der Waals surface area contributed by atoms with E-state index in [1.165, 1.54) is 15.6 Å². The van der Waals surface area contributed by atoms with E-state index in [2.05, 4.69) is 9.97 Å². The van der Waals surface area contributed by atoms with Gasteiger partial charge in [0.25, 0.3) is 15.9 Å². The summed E-state index contributed by atoms with van der Waals surface area (Å²) in [6.07, 6.45) is 0. The average molecular weight is 481 g/mol. The molecular formula is C19H20N4O5S3. The molecule has 3 heterocycles. The number of aromatic nitrogens is 2. The highest BCUT2D eigenvalue weighted by Gasteiger charge is 2.32. The van der Waals surface area contributed by atoms with Crippen molar-refractivity contribution in [1.29, 1.82) is 0 Å². The number of aromatic amines is 1. The topological polar surface area (TPSA) is 113 Å². The van der Waals surface area contributed by atoms with E-state index >= 15 is 0 Å². The quantitative estimate of drug-likeness (QED) is 0.577. The van der Waals surface area contributed by atoms with Crippen LogP contribution in [-0.4, -0.2) is 59.7 Å². The van der Waals surface area contributed by atoms with Crippen LogP contribution in [0.25, 0.3) is 0 Å². The summed E-state index contributed by atoms with van der Waals surface area (Å²) < 4.78 is 32.6. The number of benzene rings is 1. The van der Waals surface area contributed by atoms with Crippen molar-refractivity contribution in [2.24, 2.45) is 0 Å². The molecule has 2 aromatic heterocycles. The molecule has 1 saturated heterocycles. The lowest BCUT2D eigenvalue weighted by Crippen LogP contribution is -2.50. The lowest BCUT2D eigenvalue weighted by Gasteiger charge is -2.33. The van der Waals surface area contributed by atoms with E-state index < -0.39 is 14.9 Å². The first-order chi connectivity index (χ1) is 14.8. The Kier molecular flexibility index (Phi) is 6.23. The summed E-state index contributed by atoms with van der Waals surface area (Å²) >= 11 is 2.19. The van der Waals surface area contributed by atoms with Crippen LogP contribution in [0.2, 0.25) is 0 Å². The van der Waals surface area contributed by atoms with Gasteiger partial charge in [-0.05, 0) is 31.2 Å². The van der Waals surface area contributed by atoms with E-state index in [0.717, 1.165) is 5.69 Å². The predicted octanol–water partition coefficient (Wildman–Crippen LogP) is 1.93. The first-order valence-corrected chi connectivity index (χ1v) is 12.6. The van der Waals surface area contributed by atoms with Crippen LogP contribution in [0.5, 0.6) is 5.75 Å². The Bertz CT molecular complexity index is 1210. The van der Waals surface area contributed by atoms with Gasteiger partial charge in [0.2, 0.25) is 0 Å². The van der Waals surface area contributed by atoms with Gasteiger partial charge in [0.1, 0.15) is 12.4 Å². The summed E-state index contributed by atoms with van der Waals surface area (Å²) in [6, 6.07) is 6.86. The number of H-pyrrole nitrogens is 1. The standard InChI is InChI=1S/C19H20N4O5S3/c1-13-18(30-19(25)21-13)31(26,27)23-8-6-22(7-9-23)17(24)14-2-4-16(5-3-14)28-10-15-11-29-12-20-15/h2-5,11-12H,6-10H2,1H3,(H,21,25). The molecule has 12 heteroatoms. The maximum absolute atomic E-state index is 12.8. The van der Waals surface area contributed by atoms with Crippen LogP contribution < -0.4 is 9.61 Å². The Morgan fingerprint density at radius 2 is 1.90 bits per heavy atom. The van der Waals surface area contributed by atoms with E-state index in [1.54, 1.807) is 41.6 Å². The molecule has 3 aromatic rings. The van der Waals surface area contributed by atoms with Gasteiger partial charge >= 0.3 is 4.87 Å². The van der Waals surface area contributed by atoms with E-state index in [1.807, 2.05) is 5.38 Å². The molecule has 0 unspecified atom stereocenters. The molecule has 0 aliphatic carbocycles. The van der Waals surface area contributed by atoms with Gasteiger partial charge in [-0.15, -0.1) is 11.3 Å². The number of aryl methyl sites for hydroxylation is 1. The molecule has 31 heavy (non-hydrogen) atoms. The third kappa shape index (κ3) is 4.71. The molecule has 1 fully saturated rings. The Labute approximate surface area is 187 Å². The van der Waals surface area contributed by atoms with Crippen LogP contribution in [0.4, 0.5) is 0 Å². The minimum absolute atomic E-state index is 0.0329. The highest BCUT2D eigenvalue weighted by atomic mass is 32.2. The van der Waals surface area contributed by atoms with Crippen molar-refractivity contribution in [3.8, 4) is 5.75 Å². The Hall–Kier alpha value is -2.54. The third-order valence-electron chi connectivity index (χ3n) is 4.85. The number of rotatable bonds is 6. The number of nitrogens with zero attached hydrogens (tertiary/aromatic N) is 3. The number of nitrogens with one attached hydrogen (secondary N) is 1. The summed E-state index contributed by atoms with van der Waals surface area (Å²) in [5, 5.41) is 1.91. The van der Waals surface area contributed by atoms with Crippen LogP contribution >= 0.6 is 22.7 Å². The summed E-state index contributed by atoms with van der Waals surface area (Å²) in [4.78, 5) is 32.2. The molecule has 0 radical (unpaired) electrons. The van der Waals surface area contributed by atoms with Crippen molar-refractivity contribution in [3.05, 3.63) is 61.8 Å². The van der Waals surface area contributed by atoms with Gasteiger partial charge in [0.15, 0.2) is 4.21 Å². The largest absolute Gasteiger partial charge is 0.487 e. The van der Waals surface area contributed by atoms with Crippen LogP contribution in [0, 0.1) is 6.92 Å². The highest BCUT2D eigenvalue weighted by Crippen LogP contribution is 2.23. The zero-order chi connectivity index (χ0) is 22.0. The molecule has 4 rings (SSSR count). The second kappa shape index (κ2) is 8.91. The van der Waals surface area contributed by atoms with Crippen LogP contribution in [-0.2, 0) is 16.6 Å². The molecule has 0 saturated carbocycles. The van der Waals surface area contributed by atoms with Gasteiger partial charge in [-0.3, -0.25) is 9.59 Å². The molecule has 1 aliphatic rings. The van der Waals surface area contributed by atoms with Gasteiger partial charge in [-0.1, -0.05) is 11.3 Å². The number of carbonyl (C=O) groups is 1. The Balaban J connectivity index is 1.35. The summed E-state index contributed by atoms with van der Waals surface area (Å²) in [5.74, 6) is 0.479. The van der Waals surface area contributed by atoms with Gasteiger partial charge in [-0.2, -0.15) is 4.31 Å². The Morgan fingerprint density at radius 3 is 2.48 bits per heavy atom. The van der Waals surface area contributed by atoms with E-state index in [-0.39, 0.29) is 36.3 Å². The number of sulfonamides is 1. The van der Waals surface area contributed by atoms with Crippen molar-refractivity contribution in [2.45, 2.75) is 17.7 Å². The molecule has 1 aliphatic heterocycles. The number of ether oxygens (including phenoxy) is 1. The van der Waals surface area contributed by atoms with Gasteiger partial charge in [0, 0.05) is 42.8 Å². The van der Waals surface area contributed by atoms with Gasteiger partial charge < -0.3 is 14.6 Å². The fourth-order valence-corrected chi connectivity index (χ4v) is 6.63. The summed E-state index contributed by atoms with van der Waals surface area (Å²) in [5.41, 5.74) is 3.44. The molecule has 9 nitrogen and oxygen atoms in total. The van der Waals surface area contributed by atoms with E-state index in [9.17, 15) is 18.0 Å². The fourth-order valence-electron chi connectivity index (χ4n) is 3.23. The van der Waals surface area contributed by atoms with E-state index in [4.69, 9.17) is 4.74 Å². The third-order valence-corrected chi connectivity index (χ3v) is 8.97. The Morgan fingerprint density at radius 1 is 1.19 bits per heavy atom. The summed E-state index contributed by atoms with van der Waals surface area (Å²) in [7, 11) is -3.75. The smallest absolute Gasteiger partial charge is 0.305 e. The van der Waals surface area contributed by atoms with Crippen LogP contribution in [0.3, 0.4) is 0 Å². The zero-order valence-electron chi connectivity index (χ0n) is 16.6. The number of hydrogen-bond acceptors (Lipinski definition) is 8. The monoisotopic (exact) mass is 480 g/mol. The lowest BCUT2D eigenvalue weighted by atomic mass is 10.2. The molecule has 1 aromatic carbocycles. The van der Waals surface area contributed by atoms with Crippen LogP contribution in [0.15, 0.2) is 44.2 Å². The van der Waals surface area contributed by atoms with E-state index in [0.29, 0.717) is 35.0 Å². The highest BCUT2D eigenvalue weighted by molar-refractivity contribution is 7.91. The molecular weight excluding hydrogens is 460 g/mol. The van der Waals surface area contributed by atoms with Gasteiger partial charge in [-0.25, -0.2) is 13.4 Å². The maximum atomic E-state index is 12.8. The zero-order valence-corrected chi connectivity index (χ0v) is 19.1. The maximum Gasteiger partial charge on any atom is 0.305 e. The second-order valence-corrected chi connectivity index (χ2v) is 10.8. The molecule has 1 amide bonds. The SMILES string of the molecule is Cc1[nH]c(=O)sc1S(=O)(=O)N1CCN(C(=O)c2ccc(OCc3cscn3)cc2)CC1.